The Balaban J connectivity index is 1.80. The largest absolute Gasteiger partial charge is 0.493 e. The van der Waals surface area contributed by atoms with Crippen LogP contribution in [0.3, 0.4) is 0 Å². The van der Waals surface area contributed by atoms with Crippen molar-refractivity contribution >= 4 is 45.7 Å². The van der Waals surface area contributed by atoms with Crippen LogP contribution >= 0.6 is 23.2 Å². The van der Waals surface area contributed by atoms with Gasteiger partial charge in [-0.1, -0.05) is 34.8 Å². The van der Waals surface area contributed by atoms with Crippen LogP contribution in [0.4, 0.5) is 5.69 Å². The average Bonchev–Trinajstić information content (AvgIpc) is 2.89. The Morgan fingerprint density at radius 2 is 2.00 bits per heavy atom. The summed E-state index contributed by atoms with van der Waals surface area (Å²) >= 11 is 11.8. The van der Waals surface area contributed by atoms with Crippen molar-refractivity contribution < 1.29 is 14.6 Å². The SMILES string of the molecule is CCn1c(O)c(N=NC(=O)COc2ccc(Cl)cc2Cl)c2cc(C)ccc21. The molecule has 140 valence electrons. The number of carbonyl (C=O) groups excluding carboxylic acids is 1. The average molecular weight is 406 g/mol. The second-order valence-electron chi connectivity index (χ2n) is 5.89. The van der Waals surface area contributed by atoms with Gasteiger partial charge in [0.1, 0.15) is 5.75 Å². The molecule has 6 nitrogen and oxygen atoms in total. The van der Waals surface area contributed by atoms with Gasteiger partial charge < -0.3 is 14.4 Å². The zero-order valence-corrected chi connectivity index (χ0v) is 16.3. The van der Waals surface area contributed by atoms with E-state index in [1.54, 1.807) is 16.7 Å². The van der Waals surface area contributed by atoms with Crippen molar-refractivity contribution in [1.82, 2.24) is 4.57 Å². The first-order valence-electron chi connectivity index (χ1n) is 8.25. The highest BCUT2D eigenvalue weighted by atomic mass is 35.5. The van der Waals surface area contributed by atoms with Crippen LogP contribution in [0.15, 0.2) is 46.6 Å². The molecule has 0 fully saturated rings. The van der Waals surface area contributed by atoms with Crippen LogP contribution in [-0.4, -0.2) is 22.2 Å². The number of aryl methyl sites for hydroxylation is 2. The third-order valence-corrected chi connectivity index (χ3v) is 4.52. The second kappa shape index (κ2) is 7.98. The number of fused-ring (bicyclic) bond motifs is 1. The number of halogens is 2. The van der Waals surface area contributed by atoms with E-state index in [1.165, 1.54) is 6.07 Å². The first-order chi connectivity index (χ1) is 12.9. The van der Waals surface area contributed by atoms with Gasteiger partial charge in [-0.25, -0.2) is 0 Å². The zero-order chi connectivity index (χ0) is 19.6. The lowest BCUT2D eigenvalue weighted by atomic mass is 10.1. The molecule has 0 aliphatic rings. The maximum atomic E-state index is 12.0. The molecule has 2 aromatic carbocycles. The van der Waals surface area contributed by atoms with Gasteiger partial charge in [0.15, 0.2) is 12.3 Å². The normalized spacial score (nSPS) is 11.4. The smallest absolute Gasteiger partial charge is 0.302 e. The van der Waals surface area contributed by atoms with Crippen LogP contribution in [0.5, 0.6) is 11.6 Å². The molecule has 3 aromatic rings. The van der Waals surface area contributed by atoms with Crippen LogP contribution in [0.2, 0.25) is 10.0 Å². The minimum absolute atomic E-state index is 0.0312. The van der Waals surface area contributed by atoms with Crippen LogP contribution in [0.25, 0.3) is 10.9 Å². The standard InChI is InChI=1S/C19H17Cl2N3O3/c1-3-24-15-6-4-11(2)8-13(15)18(19(24)26)23-22-17(25)10-27-16-7-5-12(20)9-14(16)21/h4-9,26H,3,10H2,1-2H3. The molecule has 0 aliphatic carbocycles. The van der Waals surface area contributed by atoms with Crippen molar-refractivity contribution in [2.45, 2.75) is 20.4 Å². The van der Waals surface area contributed by atoms with Gasteiger partial charge >= 0.3 is 5.91 Å². The Morgan fingerprint density at radius 3 is 2.70 bits per heavy atom. The highest BCUT2D eigenvalue weighted by Crippen LogP contribution is 2.39. The van der Waals surface area contributed by atoms with Crippen molar-refractivity contribution in [2.75, 3.05) is 6.61 Å². The molecule has 0 unspecified atom stereocenters. The molecule has 1 aromatic heterocycles. The van der Waals surface area contributed by atoms with E-state index >= 15 is 0 Å². The summed E-state index contributed by atoms with van der Waals surface area (Å²) in [5.41, 5.74) is 2.10. The predicted octanol–water partition coefficient (Wildman–Crippen LogP) is 5.67. The quantitative estimate of drug-likeness (QED) is 0.555. The molecule has 1 N–H and O–H groups in total. The van der Waals surface area contributed by atoms with Crippen molar-refractivity contribution in [2.24, 2.45) is 10.2 Å². The minimum Gasteiger partial charge on any atom is -0.493 e. The number of azo groups is 1. The van der Waals surface area contributed by atoms with Crippen LogP contribution in [-0.2, 0) is 11.3 Å². The van der Waals surface area contributed by atoms with Crippen LogP contribution in [0, 0.1) is 6.92 Å². The van der Waals surface area contributed by atoms with Gasteiger partial charge in [-0.2, -0.15) is 0 Å². The van der Waals surface area contributed by atoms with Gasteiger partial charge in [0.2, 0.25) is 5.88 Å². The zero-order valence-electron chi connectivity index (χ0n) is 14.7. The molecule has 1 heterocycles. The van der Waals surface area contributed by atoms with E-state index in [4.69, 9.17) is 27.9 Å². The number of carbonyl (C=O) groups is 1. The molecule has 27 heavy (non-hydrogen) atoms. The van der Waals surface area contributed by atoms with Gasteiger partial charge in [0, 0.05) is 17.0 Å². The number of hydrogen-bond acceptors (Lipinski definition) is 4. The molecular formula is C19H17Cl2N3O3. The number of amides is 1. The maximum absolute atomic E-state index is 12.0. The molecule has 0 saturated carbocycles. The summed E-state index contributed by atoms with van der Waals surface area (Å²) in [4.78, 5) is 12.0. The summed E-state index contributed by atoms with van der Waals surface area (Å²) in [5, 5.41) is 19.5. The molecule has 0 saturated heterocycles. The van der Waals surface area contributed by atoms with Crippen LogP contribution < -0.4 is 4.74 Å². The number of aromatic hydroxyl groups is 1. The van der Waals surface area contributed by atoms with Gasteiger partial charge in [-0.05, 0) is 44.2 Å². The Labute approximate surface area is 166 Å². The van der Waals surface area contributed by atoms with Crippen molar-refractivity contribution in [3.63, 3.8) is 0 Å². The number of benzene rings is 2. The molecule has 8 heteroatoms. The van der Waals surface area contributed by atoms with E-state index in [0.29, 0.717) is 22.3 Å². The van der Waals surface area contributed by atoms with E-state index in [9.17, 15) is 9.90 Å². The van der Waals surface area contributed by atoms with E-state index in [-0.39, 0.29) is 18.2 Å². The van der Waals surface area contributed by atoms with Gasteiger partial charge in [0.25, 0.3) is 0 Å². The Hall–Kier alpha value is -2.57. The molecule has 3 rings (SSSR count). The molecule has 1 amide bonds. The Bertz CT molecular complexity index is 1040. The topological polar surface area (TPSA) is 76.2 Å². The van der Waals surface area contributed by atoms with Crippen molar-refractivity contribution in [3.05, 3.63) is 52.0 Å². The fourth-order valence-electron chi connectivity index (χ4n) is 2.72. The lowest BCUT2D eigenvalue weighted by Gasteiger charge is -2.05. The summed E-state index contributed by atoms with van der Waals surface area (Å²) in [6.07, 6.45) is 0. The van der Waals surface area contributed by atoms with E-state index in [1.807, 2.05) is 32.0 Å². The molecule has 0 atom stereocenters. The fourth-order valence-corrected chi connectivity index (χ4v) is 3.19. The lowest BCUT2D eigenvalue weighted by molar-refractivity contribution is -0.120. The first-order valence-corrected chi connectivity index (χ1v) is 9.00. The van der Waals surface area contributed by atoms with Crippen LogP contribution in [0.1, 0.15) is 12.5 Å². The second-order valence-corrected chi connectivity index (χ2v) is 6.74. The number of nitrogens with zero attached hydrogens (tertiary/aromatic N) is 3. The highest BCUT2D eigenvalue weighted by molar-refractivity contribution is 6.35. The predicted molar refractivity (Wildman–Crippen MR) is 105 cm³/mol. The maximum Gasteiger partial charge on any atom is 0.302 e. The fraction of sp³-hybridized carbons (Fsp3) is 0.211. The number of ether oxygens (including phenoxy) is 1. The number of rotatable bonds is 5. The van der Waals surface area contributed by atoms with Gasteiger partial charge in [-0.15, -0.1) is 10.2 Å². The van der Waals surface area contributed by atoms with Crippen molar-refractivity contribution in [1.29, 1.82) is 0 Å². The third-order valence-electron chi connectivity index (χ3n) is 3.99. The Morgan fingerprint density at radius 1 is 1.22 bits per heavy atom. The molecule has 0 aliphatic heterocycles. The number of aromatic nitrogens is 1. The summed E-state index contributed by atoms with van der Waals surface area (Å²) in [6, 6.07) is 10.4. The summed E-state index contributed by atoms with van der Waals surface area (Å²) in [5.74, 6) is -0.313. The molecular weight excluding hydrogens is 389 g/mol. The van der Waals surface area contributed by atoms with Crippen molar-refractivity contribution in [3.8, 4) is 11.6 Å². The summed E-state index contributed by atoms with van der Waals surface area (Å²) < 4.78 is 7.05. The highest BCUT2D eigenvalue weighted by Gasteiger charge is 2.16. The van der Waals surface area contributed by atoms with Gasteiger partial charge in [0.05, 0.1) is 10.5 Å². The summed E-state index contributed by atoms with van der Waals surface area (Å²) in [6.45, 7) is 4.08. The van der Waals surface area contributed by atoms with E-state index in [2.05, 4.69) is 10.2 Å². The van der Waals surface area contributed by atoms with Gasteiger partial charge in [-0.3, -0.25) is 4.79 Å². The monoisotopic (exact) mass is 405 g/mol. The lowest BCUT2D eigenvalue weighted by Crippen LogP contribution is -2.08. The third kappa shape index (κ3) is 4.07. The summed E-state index contributed by atoms with van der Waals surface area (Å²) in [7, 11) is 0. The molecule has 0 bridgehead atoms. The van der Waals surface area contributed by atoms with E-state index < -0.39 is 5.91 Å². The molecule has 0 spiro atoms. The molecule has 0 radical (unpaired) electrons. The number of hydrogen-bond donors (Lipinski definition) is 1. The first kappa shape index (κ1) is 19.2. The Kier molecular flexibility index (Phi) is 5.68. The van der Waals surface area contributed by atoms with E-state index in [0.717, 1.165) is 16.5 Å². The minimum atomic E-state index is -0.606.